The summed E-state index contributed by atoms with van der Waals surface area (Å²) in [5.74, 6) is 1.49. The van der Waals surface area contributed by atoms with Gasteiger partial charge in [0.2, 0.25) is 10.3 Å². The molecule has 0 amide bonds. The zero-order valence-corrected chi connectivity index (χ0v) is 18.2. The van der Waals surface area contributed by atoms with Gasteiger partial charge in [-0.1, -0.05) is 65.0 Å². The quantitative estimate of drug-likeness (QED) is 0.332. The molecule has 10 heteroatoms. The lowest BCUT2D eigenvalue weighted by Crippen LogP contribution is -2.13. The largest absolute Gasteiger partial charge is 0.293 e. The number of hydrogen-bond donors (Lipinski definition) is 0. The maximum atomic E-state index is 12.4. The molecule has 0 saturated carbocycles. The fourth-order valence-electron chi connectivity index (χ4n) is 2.98. The molecule has 0 unspecified atom stereocenters. The van der Waals surface area contributed by atoms with Crippen molar-refractivity contribution in [3.8, 4) is 0 Å². The van der Waals surface area contributed by atoms with Crippen LogP contribution in [0.3, 0.4) is 0 Å². The van der Waals surface area contributed by atoms with Crippen LogP contribution in [0.15, 0.2) is 63.9 Å². The summed E-state index contributed by atoms with van der Waals surface area (Å²) >= 11 is 8.79. The van der Waals surface area contributed by atoms with Crippen molar-refractivity contribution >= 4 is 52.4 Å². The standard InChI is InChI=1S/C20H15ClN6OS2/c1-12-2-4-13(5-3-12)16-10-29-20-25-26-18(27(20)24-16)22-23-19(26)30-11-17(28)14-6-8-15(21)9-7-14/h2-9H,10-11H2,1H3. The van der Waals surface area contributed by atoms with E-state index in [1.807, 2.05) is 0 Å². The highest BCUT2D eigenvalue weighted by Crippen LogP contribution is 2.27. The number of fused-ring (bicyclic) bond motifs is 3. The summed E-state index contributed by atoms with van der Waals surface area (Å²) in [6.45, 7) is 2.06. The Kier molecular flexibility index (Phi) is 5.10. The number of aryl methyl sites for hydroxylation is 1. The molecular formula is C20H15ClN6OS2. The first kappa shape index (κ1) is 19.3. The Hall–Kier alpha value is -2.62. The lowest BCUT2D eigenvalue weighted by Gasteiger charge is -2.12. The average molecular weight is 455 g/mol. The minimum Gasteiger partial charge on any atom is -0.293 e. The van der Waals surface area contributed by atoms with E-state index < -0.39 is 0 Å². The Morgan fingerprint density at radius 3 is 2.67 bits per heavy atom. The van der Waals surface area contributed by atoms with E-state index in [0.717, 1.165) is 22.2 Å². The van der Waals surface area contributed by atoms with Gasteiger partial charge in [-0.05, 0) is 36.8 Å². The number of ketones is 1. The third-order valence-electron chi connectivity index (χ3n) is 4.59. The number of nitrogens with zero attached hydrogens (tertiary/aromatic N) is 6. The average Bonchev–Trinajstić information content (AvgIpc) is 3.32. The van der Waals surface area contributed by atoms with Crippen LogP contribution in [0.2, 0.25) is 5.02 Å². The fraction of sp³-hybridized carbons (Fsp3) is 0.150. The topological polar surface area (TPSA) is 77.4 Å². The van der Waals surface area contributed by atoms with Crippen LogP contribution in [-0.4, -0.2) is 47.5 Å². The predicted octanol–water partition coefficient (Wildman–Crippen LogP) is 4.22. The van der Waals surface area contributed by atoms with E-state index in [4.69, 9.17) is 16.7 Å². The molecule has 2 aromatic carbocycles. The van der Waals surface area contributed by atoms with E-state index in [1.165, 1.54) is 17.3 Å². The van der Waals surface area contributed by atoms with Crippen LogP contribution in [0.1, 0.15) is 21.5 Å². The molecule has 0 atom stereocenters. The summed E-state index contributed by atoms with van der Waals surface area (Å²) in [6.07, 6.45) is 0. The first-order chi connectivity index (χ1) is 14.6. The van der Waals surface area contributed by atoms with Gasteiger partial charge in [-0.25, -0.2) is 0 Å². The lowest BCUT2D eigenvalue weighted by molar-refractivity contribution is 0.102. The molecule has 4 aromatic rings. The van der Waals surface area contributed by atoms with Crippen LogP contribution in [0, 0.1) is 6.92 Å². The summed E-state index contributed by atoms with van der Waals surface area (Å²) < 4.78 is 3.35. The van der Waals surface area contributed by atoms with Crippen LogP contribution in [0.25, 0.3) is 5.78 Å². The number of Topliss-reactive ketones (excluding diaryl/α,β-unsaturated/α-hetero) is 1. The van der Waals surface area contributed by atoms with Crippen molar-refractivity contribution in [2.45, 2.75) is 17.2 Å². The van der Waals surface area contributed by atoms with Gasteiger partial charge in [0, 0.05) is 16.3 Å². The normalized spacial score (nSPS) is 13.3. The minimum atomic E-state index is -0.00792. The maximum absolute atomic E-state index is 12.4. The van der Waals surface area contributed by atoms with Crippen LogP contribution in [0.5, 0.6) is 0 Å². The highest BCUT2D eigenvalue weighted by Gasteiger charge is 2.23. The number of carbonyl (C=O) groups is 1. The second kappa shape index (κ2) is 7.90. The number of thioether (sulfide) groups is 2. The molecule has 3 heterocycles. The smallest absolute Gasteiger partial charge is 0.276 e. The van der Waals surface area contributed by atoms with Crippen LogP contribution in [-0.2, 0) is 0 Å². The van der Waals surface area contributed by atoms with Crippen LogP contribution in [0.4, 0.5) is 0 Å². The van der Waals surface area contributed by atoms with Crippen molar-refractivity contribution in [2.24, 2.45) is 5.10 Å². The molecule has 7 nitrogen and oxygen atoms in total. The third kappa shape index (κ3) is 3.64. The molecule has 1 aliphatic heterocycles. The molecule has 2 aromatic heterocycles. The SMILES string of the molecule is Cc1ccc(C2=Nn3c(nn4c(SCC(=O)c5ccc(Cl)cc5)nnc34)SC2)cc1. The summed E-state index contributed by atoms with van der Waals surface area (Å²) in [7, 11) is 0. The zero-order chi connectivity index (χ0) is 20.7. The molecule has 0 spiro atoms. The predicted molar refractivity (Wildman–Crippen MR) is 119 cm³/mol. The van der Waals surface area contributed by atoms with Crippen molar-refractivity contribution in [3.05, 3.63) is 70.2 Å². The van der Waals surface area contributed by atoms with Gasteiger partial charge in [0.1, 0.15) is 0 Å². The van der Waals surface area contributed by atoms with Gasteiger partial charge < -0.3 is 0 Å². The number of halogens is 1. The molecule has 30 heavy (non-hydrogen) atoms. The molecule has 5 rings (SSSR count). The second-order valence-corrected chi connectivity index (χ2v) is 9.03. The van der Waals surface area contributed by atoms with E-state index in [1.54, 1.807) is 45.2 Å². The van der Waals surface area contributed by atoms with Gasteiger partial charge in [-0.15, -0.1) is 15.3 Å². The van der Waals surface area contributed by atoms with Gasteiger partial charge in [0.15, 0.2) is 5.78 Å². The first-order valence-electron chi connectivity index (χ1n) is 9.12. The Balaban J connectivity index is 1.39. The zero-order valence-electron chi connectivity index (χ0n) is 15.8. The molecule has 0 fully saturated rings. The van der Waals surface area contributed by atoms with E-state index in [0.29, 0.717) is 21.5 Å². The maximum Gasteiger partial charge on any atom is 0.276 e. The Labute approximate surface area is 185 Å². The highest BCUT2D eigenvalue weighted by atomic mass is 35.5. The number of carbonyl (C=O) groups excluding carboxylic acids is 1. The van der Waals surface area contributed by atoms with Crippen molar-refractivity contribution in [1.82, 2.24) is 24.5 Å². The van der Waals surface area contributed by atoms with Crippen LogP contribution < -0.4 is 0 Å². The molecule has 1 aliphatic rings. The van der Waals surface area contributed by atoms with Gasteiger partial charge in [0.05, 0.1) is 11.5 Å². The molecular weight excluding hydrogens is 440 g/mol. The molecule has 0 radical (unpaired) electrons. The third-order valence-corrected chi connectivity index (χ3v) is 6.70. The number of benzene rings is 2. The lowest BCUT2D eigenvalue weighted by atomic mass is 10.1. The summed E-state index contributed by atoms with van der Waals surface area (Å²) in [4.78, 5) is 12.4. The van der Waals surface area contributed by atoms with Crippen molar-refractivity contribution < 1.29 is 4.79 Å². The second-order valence-electron chi connectivity index (χ2n) is 6.71. The Morgan fingerprint density at radius 1 is 1.13 bits per heavy atom. The highest BCUT2D eigenvalue weighted by molar-refractivity contribution is 8.00. The summed E-state index contributed by atoms with van der Waals surface area (Å²) in [6, 6.07) is 15.1. The van der Waals surface area contributed by atoms with E-state index in [2.05, 4.69) is 46.5 Å². The fourth-order valence-corrected chi connectivity index (χ4v) is 4.75. The number of hydrogen-bond acceptors (Lipinski definition) is 7. The molecule has 0 bridgehead atoms. The van der Waals surface area contributed by atoms with Gasteiger partial charge in [-0.3, -0.25) is 4.79 Å². The van der Waals surface area contributed by atoms with Crippen molar-refractivity contribution in [1.29, 1.82) is 0 Å². The number of rotatable bonds is 5. The van der Waals surface area contributed by atoms with Crippen LogP contribution >= 0.6 is 35.1 Å². The van der Waals surface area contributed by atoms with E-state index >= 15 is 0 Å². The van der Waals surface area contributed by atoms with E-state index in [-0.39, 0.29) is 11.5 Å². The molecule has 0 N–H and O–H groups in total. The van der Waals surface area contributed by atoms with Crippen molar-refractivity contribution in [3.63, 3.8) is 0 Å². The Morgan fingerprint density at radius 2 is 1.90 bits per heavy atom. The molecule has 0 saturated heterocycles. The van der Waals surface area contributed by atoms with Gasteiger partial charge >= 0.3 is 0 Å². The molecule has 150 valence electrons. The van der Waals surface area contributed by atoms with E-state index in [9.17, 15) is 4.79 Å². The molecule has 0 aliphatic carbocycles. The van der Waals surface area contributed by atoms with Gasteiger partial charge in [-0.2, -0.15) is 14.3 Å². The Bertz CT molecular complexity index is 1280. The monoisotopic (exact) mass is 454 g/mol. The summed E-state index contributed by atoms with van der Waals surface area (Å²) in [5, 5.41) is 19.7. The minimum absolute atomic E-state index is 0.00792. The number of aromatic nitrogens is 5. The van der Waals surface area contributed by atoms with Gasteiger partial charge in [0.25, 0.3) is 5.78 Å². The first-order valence-corrected chi connectivity index (χ1v) is 11.5. The summed E-state index contributed by atoms with van der Waals surface area (Å²) in [5.41, 5.74) is 3.86. The van der Waals surface area contributed by atoms with Crippen molar-refractivity contribution in [2.75, 3.05) is 11.5 Å².